The number of nitrogens with zero attached hydrogens (tertiary/aromatic N) is 1. The van der Waals surface area contributed by atoms with Crippen molar-refractivity contribution in [3.05, 3.63) is 24.0 Å². The molecule has 0 aliphatic heterocycles. The van der Waals surface area contributed by atoms with Crippen LogP contribution < -0.4 is 10.5 Å². The highest BCUT2D eigenvalue weighted by atomic mass is 16.5. The number of aromatic nitrogens is 1. The van der Waals surface area contributed by atoms with E-state index in [1.807, 2.05) is 12.1 Å². The molecule has 3 heteroatoms. The summed E-state index contributed by atoms with van der Waals surface area (Å²) in [5.74, 6) is 0.919. The second-order valence-corrected chi connectivity index (χ2v) is 4.42. The Labute approximate surface area is 97.0 Å². The molecule has 2 rings (SSSR count). The Morgan fingerprint density at radius 2 is 2.00 bits per heavy atom. The molecule has 0 unspecified atom stereocenters. The van der Waals surface area contributed by atoms with E-state index >= 15 is 0 Å². The Hall–Kier alpha value is -1.09. The van der Waals surface area contributed by atoms with E-state index in [-0.39, 0.29) is 0 Å². The maximum atomic E-state index is 5.98. The van der Waals surface area contributed by atoms with E-state index in [0.717, 1.165) is 11.4 Å². The SMILES string of the molecule is NCc1cc(OC2CCCCCC2)ccn1. The molecule has 0 amide bonds. The Kier molecular flexibility index (Phi) is 4.17. The van der Waals surface area contributed by atoms with Crippen molar-refractivity contribution in [1.29, 1.82) is 0 Å². The van der Waals surface area contributed by atoms with E-state index in [1.54, 1.807) is 6.20 Å². The standard InChI is InChI=1S/C13H20N2O/c14-10-11-9-13(7-8-15-11)16-12-5-3-1-2-4-6-12/h7-9,12H,1-6,10,14H2. The molecule has 1 saturated carbocycles. The second-order valence-electron chi connectivity index (χ2n) is 4.42. The van der Waals surface area contributed by atoms with E-state index < -0.39 is 0 Å². The smallest absolute Gasteiger partial charge is 0.123 e. The lowest BCUT2D eigenvalue weighted by molar-refractivity contribution is 0.183. The molecule has 0 aromatic carbocycles. The summed E-state index contributed by atoms with van der Waals surface area (Å²) >= 11 is 0. The van der Waals surface area contributed by atoms with Gasteiger partial charge < -0.3 is 10.5 Å². The summed E-state index contributed by atoms with van der Waals surface area (Å²) in [4.78, 5) is 4.16. The third-order valence-electron chi connectivity index (χ3n) is 3.10. The summed E-state index contributed by atoms with van der Waals surface area (Å²) in [6.45, 7) is 0.474. The molecule has 16 heavy (non-hydrogen) atoms. The van der Waals surface area contributed by atoms with Crippen LogP contribution in [0.4, 0.5) is 0 Å². The van der Waals surface area contributed by atoms with Gasteiger partial charge in [-0.2, -0.15) is 0 Å². The van der Waals surface area contributed by atoms with Gasteiger partial charge in [0.1, 0.15) is 5.75 Å². The molecule has 0 bridgehead atoms. The Morgan fingerprint density at radius 3 is 2.69 bits per heavy atom. The number of pyridine rings is 1. The molecule has 3 nitrogen and oxygen atoms in total. The average Bonchev–Trinajstić information content (AvgIpc) is 2.58. The van der Waals surface area contributed by atoms with Crippen LogP contribution in [0.15, 0.2) is 18.3 Å². The van der Waals surface area contributed by atoms with Crippen LogP contribution in [-0.2, 0) is 6.54 Å². The lowest BCUT2D eigenvalue weighted by Crippen LogP contribution is -2.15. The van der Waals surface area contributed by atoms with E-state index in [1.165, 1.54) is 38.5 Å². The van der Waals surface area contributed by atoms with Crippen molar-refractivity contribution in [1.82, 2.24) is 4.98 Å². The van der Waals surface area contributed by atoms with E-state index in [4.69, 9.17) is 10.5 Å². The number of hydrogen-bond acceptors (Lipinski definition) is 3. The Bertz CT molecular complexity index is 319. The van der Waals surface area contributed by atoms with Gasteiger partial charge in [-0.15, -0.1) is 0 Å². The van der Waals surface area contributed by atoms with Crippen LogP contribution in [0.1, 0.15) is 44.2 Å². The molecule has 2 N–H and O–H groups in total. The lowest BCUT2D eigenvalue weighted by atomic mass is 10.1. The highest BCUT2D eigenvalue weighted by Crippen LogP contribution is 2.22. The molecular weight excluding hydrogens is 200 g/mol. The molecule has 0 saturated heterocycles. The first-order valence-corrected chi connectivity index (χ1v) is 6.20. The van der Waals surface area contributed by atoms with Crippen molar-refractivity contribution < 1.29 is 4.74 Å². The number of ether oxygens (including phenoxy) is 1. The number of rotatable bonds is 3. The first-order chi connectivity index (χ1) is 7.88. The van der Waals surface area contributed by atoms with E-state index in [0.29, 0.717) is 12.6 Å². The molecule has 1 aliphatic rings. The van der Waals surface area contributed by atoms with Gasteiger partial charge in [0.25, 0.3) is 0 Å². The summed E-state index contributed by atoms with van der Waals surface area (Å²) in [6, 6.07) is 3.87. The van der Waals surface area contributed by atoms with Gasteiger partial charge in [0.15, 0.2) is 0 Å². The van der Waals surface area contributed by atoms with Crippen molar-refractivity contribution in [2.45, 2.75) is 51.2 Å². The highest BCUT2D eigenvalue weighted by molar-refractivity contribution is 5.22. The molecule has 88 valence electrons. The molecule has 1 aromatic heterocycles. The maximum absolute atomic E-state index is 5.98. The van der Waals surface area contributed by atoms with Gasteiger partial charge in [-0.1, -0.05) is 12.8 Å². The van der Waals surface area contributed by atoms with Crippen LogP contribution in [0.5, 0.6) is 5.75 Å². The first kappa shape index (κ1) is 11.4. The minimum Gasteiger partial charge on any atom is -0.490 e. The molecular formula is C13H20N2O. The van der Waals surface area contributed by atoms with Crippen molar-refractivity contribution in [2.24, 2.45) is 5.73 Å². The van der Waals surface area contributed by atoms with Crippen LogP contribution in [-0.4, -0.2) is 11.1 Å². The topological polar surface area (TPSA) is 48.1 Å². The first-order valence-electron chi connectivity index (χ1n) is 6.20. The molecule has 1 heterocycles. The van der Waals surface area contributed by atoms with Gasteiger partial charge in [-0.05, 0) is 31.7 Å². The van der Waals surface area contributed by atoms with Crippen molar-refractivity contribution in [3.63, 3.8) is 0 Å². The van der Waals surface area contributed by atoms with E-state index in [9.17, 15) is 0 Å². The van der Waals surface area contributed by atoms with Gasteiger partial charge in [0.2, 0.25) is 0 Å². The number of nitrogens with two attached hydrogens (primary N) is 1. The van der Waals surface area contributed by atoms with Crippen LogP contribution in [0.25, 0.3) is 0 Å². The minimum atomic E-state index is 0.385. The Balaban J connectivity index is 1.96. The third-order valence-corrected chi connectivity index (χ3v) is 3.10. The fraction of sp³-hybridized carbons (Fsp3) is 0.615. The predicted octanol–water partition coefficient (Wildman–Crippen LogP) is 2.64. The summed E-state index contributed by atoms with van der Waals surface area (Å²) in [6.07, 6.45) is 9.80. The average molecular weight is 220 g/mol. The maximum Gasteiger partial charge on any atom is 0.123 e. The minimum absolute atomic E-state index is 0.385. The van der Waals surface area contributed by atoms with Crippen LogP contribution in [0, 0.1) is 0 Å². The summed E-state index contributed by atoms with van der Waals surface area (Å²) in [7, 11) is 0. The summed E-state index contributed by atoms with van der Waals surface area (Å²) in [5, 5.41) is 0. The van der Waals surface area contributed by atoms with E-state index in [2.05, 4.69) is 4.98 Å². The zero-order valence-electron chi connectivity index (χ0n) is 9.69. The van der Waals surface area contributed by atoms with Gasteiger partial charge in [0.05, 0.1) is 11.8 Å². The zero-order chi connectivity index (χ0) is 11.2. The van der Waals surface area contributed by atoms with Crippen molar-refractivity contribution >= 4 is 0 Å². The van der Waals surface area contributed by atoms with Crippen LogP contribution in [0.3, 0.4) is 0 Å². The normalized spacial score (nSPS) is 18.1. The van der Waals surface area contributed by atoms with Gasteiger partial charge in [0, 0.05) is 18.8 Å². The molecule has 0 radical (unpaired) electrons. The predicted molar refractivity (Wildman–Crippen MR) is 64.2 cm³/mol. The molecule has 1 fully saturated rings. The molecule has 0 spiro atoms. The fourth-order valence-electron chi connectivity index (χ4n) is 2.19. The summed E-state index contributed by atoms with van der Waals surface area (Å²) < 4.78 is 5.98. The highest BCUT2D eigenvalue weighted by Gasteiger charge is 2.13. The molecule has 1 aliphatic carbocycles. The van der Waals surface area contributed by atoms with Crippen molar-refractivity contribution in [2.75, 3.05) is 0 Å². The van der Waals surface area contributed by atoms with Crippen LogP contribution >= 0.6 is 0 Å². The van der Waals surface area contributed by atoms with Crippen molar-refractivity contribution in [3.8, 4) is 5.75 Å². The third kappa shape index (κ3) is 3.20. The lowest BCUT2D eigenvalue weighted by Gasteiger charge is -2.17. The fourth-order valence-corrected chi connectivity index (χ4v) is 2.19. The summed E-state index contributed by atoms with van der Waals surface area (Å²) in [5.41, 5.74) is 6.45. The Morgan fingerprint density at radius 1 is 1.25 bits per heavy atom. The zero-order valence-corrected chi connectivity index (χ0v) is 9.69. The largest absolute Gasteiger partial charge is 0.490 e. The number of hydrogen-bond donors (Lipinski definition) is 1. The monoisotopic (exact) mass is 220 g/mol. The second kappa shape index (κ2) is 5.85. The van der Waals surface area contributed by atoms with Gasteiger partial charge in [-0.25, -0.2) is 0 Å². The van der Waals surface area contributed by atoms with Gasteiger partial charge >= 0.3 is 0 Å². The molecule has 0 atom stereocenters. The molecule has 1 aromatic rings. The van der Waals surface area contributed by atoms with Crippen LogP contribution in [0.2, 0.25) is 0 Å². The quantitative estimate of drug-likeness (QED) is 0.797. The van der Waals surface area contributed by atoms with Gasteiger partial charge in [-0.3, -0.25) is 4.98 Å².